The van der Waals surface area contributed by atoms with Gasteiger partial charge in [0, 0.05) is 5.75 Å². The van der Waals surface area contributed by atoms with Crippen LogP contribution in [0.25, 0.3) is 10.8 Å². The summed E-state index contributed by atoms with van der Waals surface area (Å²) in [5.41, 5.74) is 1.27. The number of hydrogen-bond donors (Lipinski definition) is 2. The van der Waals surface area contributed by atoms with E-state index < -0.39 is 0 Å². The number of thiol groups is 2. The standard InChI is InChI=1S/C10H8.C7H8S.C4H10.C3H6.C2H6S/c1-2-6-10-8-4-3-7-9(10)5-1;8-6-7-4-2-1-3-5-7;1-3-4-2;1-3-2;1-2-3/h1-8H;1-5,8H,6H2;3-4H2,1-2H3;3H,1H2,2H3;3H,2H2,1H3. The van der Waals surface area contributed by atoms with Crippen molar-refractivity contribution < 1.29 is 0 Å². The molecule has 0 radical (unpaired) electrons. The van der Waals surface area contributed by atoms with E-state index in [1.54, 1.807) is 6.08 Å². The van der Waals surface area contributed by atoms with Crippen LogP contribution in [0.4, 0.5) is 0 Å². The van der Waals surface area contributed by atoms with Gasteiger partial charge in [-0.15, -0.1) is 6.58 Å². The SMILES string of the molecule is C=CC.CCCC.CCS.SCc1ccccc1.c1ccc2ccccc2c1. The molecule has 0 aromatic heterocycles. The quantitative estimate of drug-likeness (QED) is 0.303. The summed E-state index contributed by atoms with van der Waals surface area (Å²) in [6, 6.07) is 26.9. The van der Waals surface area contributed by atoms with Crippen LogP contribution in [0.15, 0.2) is 91.5 Å². The lowest BCUT2D eigenvalue weighted by Gasteiger charge is -1.92. The van der Waals surface area contributed by atoms with Crippen LogP contribution >= 0.6 is 25.3 Å². The maximum Gasteiger partial charge on any atom is 0.0154 e. The van der Waals surface area contributed by atoms with E-state index in [1.807, 2.05) is 32.0 Å². The third kappa shape index (κ3) is 17.8. The van der Waals surface area contributed by atoms with E-state index in [9.17, 15) is 0 Å². The first-order valence-electron chi connectivity index (χ1n) is 9.91. The average Bonchev–Trinajstić information content (AvgIpc) is 2.76. The molecule has 0 atom stereocenters. The zero-order chi connectivity index (χ0) is 21.5. The summed E-state index contributed by atoms with van der Waals surface area (Å²) in [6.07, 6.45) is 4.39. The summed E-state index contributed by atoms with van der Waals surface area (Å²) in [6.45, 7) is 11.6. The van der Waals surface area contributed by atoms with Crippen LogP contribution in [0.5, 0.6) is 0 Å². The van der Waals surface area contributed by atoms with Crippen molar-refractivity contribution in [2.24, 2.45) is 0 Å². The minimum atomic E-state index is 0.834. The average molecular weight is 415 g/mol. The molecule has 3 aromatic rings. The van der Waals surface area contributed by atoms with Crippen LogP contribution < -0.4 is 0 Å². The fraction of sp³-hybridized carbons (Fsp3) is 0.308. The Hall–Kier alpha value is -1.64. The Kier molecular flexibility index (Phi) is 23.9. The van der Waals surface area contributed by atoms with Crippen LogP contribution in [0.3, 0.4) is 0 Å². The van der Waals surface area contributed by atoms with E-state index in [1.165, 1.54) is 29.2 Å². The van der Waals surface area contributed by atoms with Gasteiger partial charge in [-0.3, -0.25) is 0 Å². The Balaban J connectivity index is 0. The largest absolute Gasteiger partial charge is 0.180 e. The Morgan fingerprint density at radius 2 is 0.964 bits per heavy atom. The Labute approximate surface area is 184 Å². The Morgan fingerprint density at radius 3 is 1.18 bits per heavy atom. The van der Waals surface area contributed by atoms with Crippen molar-refractivity contribution in [3.8, 4) is 0 Å². The van der Waals surface area contributed by atoms with Gasteiger partial charge in [-0.25, -0.2) is 0 Å². The van der Waals surface area contributed by atoms with Crippen LogP contribution in [0.1, 0.15) is 46.1 Å². The second kappa shape index (κ2) is 23.4. The molecule has 0 saturated heterocycles. The van der Waals surface area contributed by atoms with Gasteiger partial charge >= 0.3 is 0 Å². The van der Waals surface area contributed by atoms with Crippen molar-refractivity contribution in [1.29, 1.82) is 0 Å². The van der Waals surface area contributed by atoms with Crippen molar-refractivity contribution in [3.63, 3.8) is 0 Å². The first-order valence-corrected chi connectivity index (χ1v) is 11.2. The van der Waals surface area contributed by atoms with E-state index in [-0.39, 0.29) is 0 Å². The van der Waals surface area contributed by atoms with Gasteiger partial charge < -0.3 is 0 Å². The molecule has 0 N–H and O–H groups in total. The molecular formula is C26H38S2. The molecule has 0 amide bonds. The molecule has 0 aliphatic heterocycles. The lowest BCUT2D eigenvalue weighted by molar-refractivity contribution is 0.886. The molecule has 0 fully saturated rings. The van der Waals surface area contributed by atoms with Crippen LogP contribution in [-0.4, -0.2) is 5.75 Å². The zero-order valence-corrected chi connectivity index (χ0v) is 19.8. The number of fused-ring (bicyclic) bond motifs is 1. The minimum absolute atomic E-state index is 0.834. The maximum absolute atomic E-state index is 4.11. The minimum Gasteiger partial charge on any atom is -0.180 e. The molecule has 0 nitrogen and oxygen atoms in total. The Bertz CT molecular complexity index is 611. The van der Waals surface area contributed by atoms with Crippen molar-refractivity contribution >= 4 is 36.0 Å². The van der Waals surface area contributed by atoms with Gasteiger partial charge in [0.25, 0.3) is 0 Å². The molecule has 0 unspecified atom stereocenters. The second-order valence-corrected chi connectivity index (χ2v) is 6.66. The van der Waals surface area contributed by atoms with Gasteiger partial charge in [0.15, 0.2) is 0 Å². The molecule has 0 aliphatic rings. The Morgan fingerprint density at radius 1 is 0.679 bits per heavy atom. The van der Waals surface area contributed by atoms with Gasteiger partial charge in [-0.05, 0) is 29.0 Å². The first-order chi connectivity index (χ1) is 13.6. The van der Waals surface area contributed by atoms with E-state index in [4.69, 9.17) is 0 Å². The second-order valence-electron chi connectivity index (χ2n) is 5.72. The molecule has 0 aliphatic carbocycles. The zero-order valence-electron chi connectivity index (χ0n) is 18.0. The third-order valence-corrected chi connectivity index (χ3v) is 3.55. The normalized spacial score (nSPS) is 8.36. The van der Waals surface area contributed by atoms with Crippen molar-refractivity contribution in [3.05, 3.63) is 97.1 Å². The number of hydrogen-bond acceptors (Lipinski definition) is 2. The highest BCUT2D eigenvalue weighted by Gasteiger charge is 1.85. The van der Waals surface area contributed by atoms with Gasteiger partial charge in [-0.1, -0.05) is 119 Å². The van der Waals surface area contributed by atoms with Gasteiger partial charge in [0.1, 0.15) is 0 Å². The van der Waals surface area contributed by atoms with E-state index >= 15 is 0 Å². The number of unbranched alkanes of at least 4 members (excludes halogenated alkanes) is 1. The summed E-state index contributed by atoms with van der Waals surface area (Å²) in [7, 11) is 0. The predicted octanol–water partition coefficient (Wildman–Crippen LogP) is 8.89. The van der Waals surface area contributed by atoms with Crippen molar-refractivity contribution in [2.45, 2.75) is 46.3 Å². The van der Waals surface area contributed by atoms with E-state index in [0.717, 1.165) is 11.5 Å². The number of rotatable bonds is 2. The molecule has 0 bridgehead atoms. The predicted molar refractivity (Wildman–Crippen MR) is 139 cm³/mol. The molecule has 0 saturated carbocycles. The highest BCUT2D eigenvalue weighted by Crippen LogP contribution is 2.11. The topological polar surface area (TPSA) is 0 Å². The first kappa shape index (κ1) is 28.6. The summed E-state index contributed by atoms with van der Waals surface area (Å²) >= 11 is 7.90. The highest BCUT2D eigenvalue weighted by atomic mass is 32.1. The molecule has 2 heteroatoms. The summed E-state index contributed by atoms with van der Waals surface area (Å²) < 4.78 is 0. The van der Waals surface area contributed by atoms with Crippen LogP contribution in [-0.2, 0) is 5.75 Å². The van der Waals surface area contributed by atoms with Crippen molar-refractivity contribution in [2.75, 3.05) is 5.75 Å². The summed E-state index contributed by atoms with van der Waals surface area (Å²) in [5, 5.41) is 2.62. The fourth-order valence-corrected chi connectivity index (χ4v) is 1.93. The van der Waals surface area contributed by atoms with Crippen LogP contribution in [0.2, 0.25) is 0 Å². The maximum atomic E-state index is 4.11. The molecule has 154 valence electrons. The third-order valence-electron chi connectivity index (χ3n) is 3.18. The molecule has 3 aromatic carbocycles. The number of benzene rings is 3. The van der Waals surface area contributed by atoms with E-state index in [2.05, 4.69) is 106 Å². The molecular weight excluding hydrogens is 376 g/mol. The van der Waals surface area contributed by atoms with Gasteiger partial charge in [0.05, 0.1) is 0 Å². The lowest BCUT2D eigenvalue weighted by Crippen LogP contribution is -1.71. The molecule has 3 rings (SSSR count). The molecule has 0 heterocycles. The number of allylic oxidation sites excluding steroid dienone is 1. The smallest absolute Gasteiger partial charge is 0.0154 e. The summed E-state index contributed by atoms with van der Waals surface area (Å²) in [5.74, 6) is 1.78. The van der Waals surface area contributed by atoms with E-state index in [0.29, 0.717) is 0 Å². The van der Waals surface area contributed by atoms with Crippen LogP contribution in [0, 0.1) is 0 Å². The monoisotopic (exact) mass is 414 g/mol. The molecule has 28 heavy (non-hydrogen) atoms. The molecule has 0 spiro atoms. The van der Waals surface area contributed by atoms with Gasteiger partial charge in [0.2, 0.25) is 0 Å². The van der Waals surface area contributed by atoms with Crippen molar-refractivity contribution in [1.82, 2.24) is 0 Å². The lowest BCUT2D eigenvalue weighted by atomic mass is 10.1. The fourth-order valence-electron chi connectivity index (χ4n) is 1.72. The van der Waals surface area contributed by atoms with Gasteiger partial charge in [-0.2, -0.15) is 25.3 Å². The summed E-state index contributed by atoms with van der Waals surface area (Å²) in [4.78, 5) is 0. The highest BCUT2D eigenvalue weighted by molar-refractivity contribution is 7.80.